The average Bonchev–Trinajstić information content (AvgIpc) is 1.94. The molecule has 0 fully saturated rings. The van der Waals surface area contributed by atoms with Gasteiger partial charge in [-0.25, -0.2) is 0 Å². The Labute approximate surface area is 72.4 Å². The van der Waals surface area contributed by atoms with Gasteiger partial charge in [-0.3, -0.25) is 4.98 Å². The molecule has 0 unspecified atom stereocenters. The lowest BCUT2D eigenvalue weighted by Gasteiger charge is -2.07. The van der Waals surface area contributed by atoms with Gasteiger partial charge in [-0.2, -0.15) is 0 Å². The van der Waals surface area contributed by atoms with Crippen molar-refractivity contribution in [3.63, 3.8) is 0 Å². The van der Waals surface area contributed by atoms with Crippen molar-refractivity contribution in [2.75, 3.05) is 0 Å². The third-order valence-electron chi connectivity index (χ3n) is 1.64. The minimum Gasteiger partial charge on any atom is -0.260 e. The number of nitrogens with zero attached hydrogens (tertiary/aromatic N) is 1. The summed E-state index contributed by atoms with van der Waals surface area (Å²) in [5.74, 6) is 0.476. The van der Waals surface area contributed by atoms with Crippen LogP contribution in [0.1, 0.15) is 31.0 Å². The summed E-state index contributed by atoms with van der Waals surface area (Å²) in [5.41, 5.74) is 2.21. The van der Waals surface area contributed by atoms with Crippen molar-refractivity contribution in [1.29, 1.82) is 0 Å². The Hall–Kier alpha value is -0.560. The summed E-state index contributed by atoms with van der Waals surface area (Å²) >= 11 is 5.93. The van der Waals surface area contributed by atoms with E-state index in [0.717, 1.165) is 10.7 Å². The minimum atomic E-state index is 0.476. The van der Waals surface area contributed by atoms with E-state index in [4.69, 9.17) is 11.6 Å². The molecule has 0 aromatic carbocycles. The van der Waals surface area contributed by atoms with E-state index in [9.17, 15) is 0 Å². The Balaban J connectivity index is 3.13. The minimum absolute atomic E-state index is 0.476. The second-order valence-electron chi connectivity index (χ2n) is 3.00. The maximum atomic E-state index is 5.93. The molecule has 0 radical (unpaired) electrons. The fraction of sp³-hybridized carbons (Fsp3) is 0.444. The Bertz CT molecular complexity index is 256. The molecule has 0 atom stereocenters. The number of aromatic nitrogens is 1. The predicted octanol–water partition coefficient (Wildman–Crippen LogP) is 3.17. The van der Waals surface area contributed by atoms with E-state index in [1.165, 1.54) is 5.56 Å². The normalized spacial score (nSPS) is 10.6. The van der Waals surface area contributed by atoms with Gasteiger partial charge in [-0.15, -0.1) is 0 Å². The van der Waals surface area contributed by atoms with Crippen LogP contribution in [-0.4, -0.2) is 4.98 Å². The SMILES string of the molecule is Cc1cc(C(C)C)c(Cl)cn1. The third-order valence-corrected chi connectivity index (χ3v) is 1.96. The smallest absolute Gasteiger partial charge is 0.0624 e. The third kappa shape index (κ3) is 1.93. The van der Waals surface area contributed by atoms with Crippen molar-refractivity contribution in [2.24, 2.45) is 0 Å². The Morgan fingerprint density at radius 2 is 2.09 bits per heavy atom. The van der Waals surface area contributed by atoms with Crippen LogP contribution in [0.15, 0.2) is 12.3 Å². The zero-order chi connectivity index (χ0) is 8.43. The second kappa shape index (κ2) is 3.22. The maximum absolute atomic E-state index is 5.93. The summed E-state index contributed by atoms with van der Waals surface area (Å²) < 4.78 is 0. The summed E-state index contributed by atoms with van der Waals surface area (Å²) in [7, 11) is 0. The van der Waals surface area contributed by atoms with Gasteiger partial charge >= 0.3 is 0 Å². The van der Waals surface area contributed by atoms with E-state index in [0.29, 0.717) is 5.92 Å². The number of halogens is 1. The monoisotopic (exact) mass is 169 g/mol. The van der Waals surface area contributed by atoms with Gasteiger partial charge in [0.15, 0.2) is 0 Å². The first-order chi connectivity index (χ1) is 5.11. The van der Waals surface area contributed by atoms with Crippen LogP contribution in [0.25, 0.3) is 0 Å². The van der Waals surface area contributed by atoms with Crippen LogP contribution in [0.3, 0.4) is 0 Å². The summed E-state index contributed by atoms with van der Waals surface area (Å²) in [6, 6.07) is 2.03. The number of rotatable bonds is 1. The summed E-state index contributed by atoms with van der Waals surface area (Å²) in [6.45, 7) is 6.23. The highest BCUT2D eigenvalue weighted by atomic mass is 35.5. The van der Waals surface area contributed by atoms with E-state index in [2.05, 4.69) is 18.8 Å². The van der Waals surface area contributed by atoms with Gasteiger partial charge in [-0.05, 0) is 24.5 Å². The topological polar surface area (TPSA) is 12.9 Å². The van der Waals surface area contributed by atoms with Crippen molar-refractivity contribution >= 4 is 11.6 Å². The number of hydrogen-bond donors (Lipinski definition) is 0. The van der Waals surface area contributed by atoms with Gasteiger partial charge in [0.05, 0.1) is 5.02 Å². The molecule has 1 rings (SSSR count). The second-order valence-corrected chi connectivity index (χ2v) is 3.41. The molecule has 1 aromatic heterocycles. The zero-order valence-corrected chi connectivity index (χ0v) is 7.81. The van der Waals surface area contributed by atoms with Crippen molar-refractivity contribution in [2.45, 2.75) is 26.7 Å². The van der Waals surface area contributed by atoms with Crippen molar-refractivity contribution in [3.05, 3.63) is 28.5 Å². The van der Waals surface area contributed by atoms with E-state index < -0.39 is 0 Å². The lowest BCUT2D eigenvalue weighted by molar-refractivity contribution is 0.859. The van der Waals surface area contributed by atoms with Gasteiger partial charge in [0.2, 0.25) is 0 Å². The first-order valence-electron chi connectivity index (χ1n) is 3.73. The van der Waals surface area contributed by atoms with Crippen LogP contribution in [0, 0.1) is 6.92 Å². The molecule has 11 heavy (non-hydrogen) atoms. The summed E-state index contributed by atoms with van der Waals surface area (Å²) in [6.07, 6.45) is 1.71. The molecule has 0 saturated heterocycles. The van der Waals surface area contributed by atoms with E-state index in [-0.39, 0.29) is 0 Å². The van der Waals surface area contributed by atoms with Crippen molar-refractivity contribution in [3.8, 4) is 0 Å². The lowest BCUT2D eigenvalue weighted by atomic mass is 10.0. The van der Waals surface area contributed by atoms with Crippen LogP contribution < -0.4 is 0 Å². The first kappa shape index (κ1) is 8.54. The van der Waals surface area contributed by atoms with Gasteiger partial charge in [-0.1, -0.05) is 25.4 Å². The van der Waals surface area contributed by atoms with Crippen molar-refractivity contribution < 1.29 is 0 Å². The molecule has 0 aliphatic carbocycles. The molecule has 1 heterocycles. The highest BCUT2D eigenvalue weighted by Crippen LogP contribution is 2.23. The van der Waals surface area contributed by atoms with E-state index >= 15 is 0 Å². The molecule has 0 aliphatic rings. The van der Waals surface area contributed by atoms with Crippen LogP contribution in [-0.2, 0) is 0 Å². The molecular weight excluding hydrogens is 158 g/mol. The molecule has 0 amide bonds. The van der Waals surface area contributed by atoms with Gasteiger partial charge in [0, 0.05) is 11.9 Å². The molecule has 60 valence electrons. The highest BCUT2D eigenvalue weighted by molar-refractivity contribution is 6.31. The highest BCUT2D eigenvalue weighted by Gasteiger charge is 2.04. The van der Waals surface area contributed by atoms with Crippen LogP contribution >= 0.6 is 11.6 Å². The van der Waals surface area contributed by atoms with Crippen LogP contribution in [0.4, 0.5) is 0 Å². The molecule has 0 N–H and O–H groups in total. The summed E-state index contributed by atoms with van der Waals surface area (Å²) in [4.78, 5) is 4.09. The molecule has 0 bridgehead atoms. The fourth-order valence-electron chi connectivity index (χ4n) is 1.01. The lowest BCUT2D eigenvalue weighted by Crippen LogP contribution is -1.91. The van der Waals surface area contributed by atoms with Gasteiger partial charge in [0.25, 0.3) is 0 Å². The Morgan fingerprint density at radius 3 is 2.55 bits per heavy atom. The number of pyridine rings is 1. The number of hydrogen-bond acceptors (Lipinski definition) is 1. The zero-order valence-electron chi connectivity index (χ0n) is 7.06. The largest absolute Gasteiger partial charge is 0.260 e. The molecular formula is C9H12ClN. The van der Waals surface area contributed by atoms with Crippen LogP contribution in [0.5, 0.6) is 0 Å². The molecule has 2 heteroatoms. The summed E-state index contributed by atoms with van der Waals surface area (Å²) in [5, 5.41) is 0.769. The number of aryl methyl sites for hydroxylation is 1. The Kier molecular flexibility index (Phi) is 2.50. The van der Waals surface area contributed by atoms with Crippen LogP contribution in [0.2, 0.25) is 5.02 Å². The fourth-order valence-corrected chi connectivity index (χ4v) is 1.33. The Morgan fingerprint density at radius 1 is 1.45 bits per heavy atom. The average molecular weight is 170 g/mol. The van der Waals surface area contributed by atoms with E-state index in [1.807, 2.05) is 13.0 Å². The predicted molar refractivity (Wildman–Crippen MR) is 48.1 cm³/mol. The molecule has 1 aromatic rings. The van der Waals surface area contributed by atoms with Gasteiger partial charge < -0.3 is 0 Å². The van der Waals surface area contributed by atoms with Crippen molar-refractivity contribution in [1.82, 2.24) is 4.98 Å². The van der Waals surface area contributed by atoms with Gasteiger partial charge in [0.1, 0.15) is 0 Å². The first-order valence-corrected chi connectivity index (χ1v) is 4.11. The molecule has 0 aliphatic heterocycles. The molecule has 0 spiro atoms. The standard InChI is InChI=1S/C9H12ClN/c1-6(2)8-4-7(3)11-5-9(8)10/h4-6H,1-3H3. The quantitative estimate of drug-likeness (QED) is 0.630. The molecule has 0 saturated carbocycles. The maximum Gasteiger partial charge on any atom is 0.0624 e. The molecule has 1 nitrogen and oxygen atoms in total. The van der Waals surface area contributed by atoms with E-state index in [1.54, 1.807) is 6.20 Å².